The fourth-order valence-electron chi connectivity index (χ4n) is 1.79. The number of rotatable bonds is 4. The van der Waals surface area contributed by atoms with Crippen LogP contribution in [0.3, 0.4) is 0 Å². The van der Waals surface area contributed by atoms with E-state index in [1.807, 2.05) is 25.2 Å². The fourth-order valence-corrected chi connectivity index (χ4v) is 1.94. The van der Waals surface area contributed by atoms with Gasteiger partial charge in [0, 0.05) is 32.6 Å². The smallest absolute Gasteiger partial charge is 0.306 e. The Hall–Kier alpha value is -0.320. The summed E-state index contributed by atoms with van der Waals surface area (Å²) < 4.78 is 7.07. The lowest BCUT2D eigenvalue weighted by molar-refractivity contribution is -0.155. The van der Waals surface area contributed by atoms with Crippen molar-refractivity contribution in [3.63, 3.8) is 0 Å². The van der Waals surface area contributed by atoms with E-state index in [-0.39, 0.29) is 11.6 Å². The number of hydrogen-bond acceptors (Lipinski definition) is 4. The Morgan fingerprint density at radius 1 is 1.24 bits per heavy atom. The lowest BCUT2D eigenvalue weighted by atomic mass is 10.2. The summed E-state index contributed by atoms with van der Waals surface area (Å²) in [6, 6.07) is 0. The van der Waals surface area contributed by atoms with Gasteiger partial charge in [0.05, 0.1) is 0 Å². The van der Waals surface area contributed by atoms with Crippen molar-refractivity contribution in [3.8, 4) is 0 Å². The molecule has 1 saturated heterocycles. The first-order valence-corrected chi connectivity index (χ1v) is 6.55. The van der Waals surface area contributed by atoms with Gasteiger partial charge in [-0.1, -0.05) is 0 Å². The monoisotopic (exact) mass is 262 g/mol. The van der Waals surface area contributed by atoms with Crippen LogP contribution in [-0.2, 0) is 9.53 Å². The molecule has 0 saturated carbocycles. The molecule has 1 heterocycles. The third-order valence-electron chi connectivity index (χ3n) is 2.59. The summed E-state index contributed by atoms with van der Waals surface area (Å²) in [4.78, 5) is 13.8. The van der Waals surface area contributed by atoms with Gasteiger partial charge in [-0.05, 0) is 45.5 Å². The number of carbonyl (C=O) groups excluding carboxylic acids is 1. The van der Waals surface area contributed by atoms with Crippen LogP contribution in [0.2, 0.25) is 0 Å². The van der Waals surface area contributed by atoms with Gasteiger partial charge in [0.15, 0.2) is 0 Å². The topological polar surface area (TPSA) is 32.8 Å². The maximum atomic E-state index is 11.5. The average molecular weight is 263 g/mol. The summed E-state index contributed by atoms with van der Waals surface area (Å²) in [5.74, 6) is -0.103. The summed E-state index contributed by atoms with van der Waals surface area (Å²) in [6.45, 7) is 10.4. The summed E-state index contributed by atoms with van der Waals surface area (Å²) >= 11 is 5.87. The third-order valence-corrected chi connectivity index (χ3v) is 2.93. The van der Waals surface area contributed by atoms with E-state index >= 15 is 0 Å². The molecule has 0 bridgehead atoms. The van der Waals surface area contributed by atoms with Crippen LogP contribution in [-0.4, -0.2) is 53.6 Å². The molecule has 0 radical (unpaired) electrons. The third kappa shape index (κ3) is 6.86. The largest absolute Gasteiger partial charge is 0.460 e. The highest BCUT2D eigenvalue weighted by atomic mass is 35.5. The van der Waals surface area contributed by atoms with Crippen LogP contribution in [0.15, 0.2) is 0 Å². The van der Waals surface area contributed by atoms with E-state index in [0.717, 1.165) is 39.1 Å². The number of piperazine rings is 1. The minimum atomic E-state index is -0.374. The van der Waals surface area contributed by atoms with Gasteiger partial charge in [-0.2, -0.15) is 0 Å². The van der Waals surface area contributed by atoms with Gasteiger partial charge in [-0.3, -0.25) is 4.79 Å². The lowest BCUT2D eigenvalue weighted by Gasteiger charge is -2.30. The van der Waals surface area contributed by atoms with Crippen molar-refractivity contribution in [3.05, 3.63) is 0 Å². The Morgan fingerprint density at radius 2 is 1.82 bits per heavy atom. The van der Waals surface area contributed by atoms with E-state index in [1.165, 1.54) is 0 Å². The van der Waals surface area contributed by atoms with E-state index in [0.29, 0.717) is 6.42 Å². The molecule has 100 valence electrons. The van der Waals surface area contributed by atoms with Gasteiger partial charge in [-0.25, -0.2) is 4.42 Å². The highest BCUT2D eigenvalue weighted by Crippen LogP contribution is 2.10. The van der Waals surface area contributed by atoms with Crippen molar-refractivity contribution in [1.29, 1.82) is 0 Å². The van der Waals surface area contributed by atoms with Gasteiger partial charge in [0.1, 0.15) is 5.60 Å². The van der Waals surface area contributed by atoms with E-state index in [4.69, 9.17) is 16.5 Å². The molecule has 0 aromatic heterocycles. The highest BCUT2D eigenvalue weighted by Gasteiger charge is 2.17. The molecule has 4 nitrogen and oxygen atoms in total. The summed E-state index contributed by atoms with van der Waals surface area (Å²) in [6.07, 6.45) is 1.36. The van der Waals surface area contributed by atoms with Crippen molar-refractivity contribution >= 4 is 17.7 Å². The van der Waals surface area contributed by atoms with Crippen molar-refractivity contribution in [1.82, 2.24) is 9.32 Å². The standard InChI is InChI=1S/C12H23ClN2O2/c1-12(2,3)17-11(16)5-4-6-14-7-9-15(13)10-8-14/h4-10H2,1-3H3. The average Bonchev–Trinajstić information content (AvgIpc) is 2.18. The van der Waals surface area contributed by atoms with Crippen molar-refractivity contribution < 1.29 is 9.53 Å². The van der Waals surface area contributed by atoms with Crippen LogP contribution in [0.25, 0.3) is 0 Å². The van der Waals surface area contributed by atoms with E-state index in [1.54, 1.807) is 0 Å². The second kappa shape index (κ2) is 6.57. The highest BCUT2D eigenvalue weighted by molar-refractivity contribution is 6.13. The number of ether oxygens (including phenoxy) is 1. The minimum absolute atomic E-state index is 0.103. The molecule has 0 unspecified atom stereocenters. The van der Waals surface area contributed by atoms with Crippen LogP contribution in [0.4, 0.5) is 0 Å². The predicted molar refractivity (Wildman–Crippen MR) is 68.9 cm³/mol. The summed E-state index contributed by atoms with van der Waals surface area (Å²) in [7, 11) is 0. The Bertz CT molecular complexity index is 245. The maximum Gasteiger partial charge on any atom is 0.306 e. The number of hydrogen-bond donors (Lipinski definition) is 0. The second-order valence-corrected chi connectivity index (χ2v) is 5.92. The van der Waals surface area contributed by atoms with Gasteiger partial charge < -0.3 is 9.64 Å². The number of carbonyl (C=O) groups is 1. The first kappa shape index (κ1) is 14.7. The molecule has 0 aromatic rings. The zero-order valence-electron chi connectivity index (χ0n) is 11.0. The molecule has 0 amide bonds. The zero-order chi connectivity index (χ0) is 12.9. The number of nitrogens with zero attached hydrogens (tertiary/aromatic N) is 2. The van der Waals surface area contributed by atoms with E-state index < -0.39 is 0 Å². The molecule has 0 N–H and O–H groups in total. The molecule has 0 aliphatic carbocycles. The Balaban J connectivity index is 2.09. The van der Waals surface area contributed by atoms with Crippen LogP contribution in [0.5, 0.6) is 0 Å². The molecule has 1 aliphatic rings. The molecule has 17 heavy (non-hydrogen) atoms. The number of esters is 1. The molecule has 0 spiro atoms. The predicted octanol–water partition coefficient (Wildman–Crippen LogP) is 1.88. The molecular formula is C12H23ClN2O2. The van der Waals surface area contributed by atoms with Gasteiger partial charge in [-0.15, -0.1) is 0 Å². The lowest BCUT2D eigenvalue weighted by Crippen LogP contribution is -2.42. The van der Waals surface area contributed by atoms with Crippen molar-refractivity contribution in [2.75, 3.05) is 32.7 Å². The molecule has 0 aromatic carbocycles. The van der Waals surface area contributed by atoms with Gasteiger partial charge in [0.25, 0.3) is 0 Å². The summed E-state index contributed by atoms with van der Waals surface area (Å²) in [5.41, 5.74) is -0.374. The molecule has 5 heteroatoms. The van der Waals surface area contributed by atoms with Crippen molar-refractivity contribution in [2.24, 2.45) is 0 Å². The quantitative estimate of drug-likeness (QED) is 0.572. The molecule has 1 fully saturated rings. The number of halogens is 1. The first-order valence-electron chi connectivity index (χ1n) is 6.22. The van der Waals surface area contributed by atoms with Crippen LogP contribution < -0.4 is 0 Å². The van der Waals surface area contributed by atoms with Crippen LogP contribution in [0.1, 0.15) is 33.6 Å². The van der Waals surface area contributed by atoms with Gasteiger partial charge in [0.2, 0.25) is 0 Å². The van der Waals surface area contributed by atoms with Gasteiger partial charge >= 0.3 is 5.97 Å². The Labute approximate surface area is 109 Å². The first-order chi connectivity index (χ1) is 7.87. The summed E-state index contributed by atoms with van der Waals surface area (Å²) in [5, 5.41) is 0. The SMILES string of the molecule is CC(C)(C)OC(=O)CCCN1CCN(Cl)CC1. The molecule has 0 atom stereocenters. The molecule has 1 aliphatic heterocycles. The fraction of sp³-hybridized carbons (Fsp3) is 0.917. The maximum absolute atomic E-state index is 11.5. The zero-order valence-corrected chi connectivity index (χ0v) is 11.8. The molecular weight excluding hydrogens is 240 g/mol. The van der Waals surface area contributed by atoms with Crippen LogP contribution >= 0.6 is 11.8 Å². The second-order valence-electron chi connectivity index (χ2n) is 5.44. The van der Waals surface area contributed by atoms with Crippen LogP contribution in [0, 0.1) is 0 Å². The van der Waals surface area contributed by atoms with Crippen molar-refractivity contribution in [2.45, 2.75) is 39.2 Å². The minimum Gasteiger partial charge on any atom is -0.460 e. The van der Waals surface area contributed by atoms with E-state index in [9.17, 15) is 4.79 Å². The Kier molecular flexibility index (Phi) is 5.70. The van der Waals surface area contributed by atoms with E-state index in [2.05, 4.69) is 4.90 Å². The Morgan fingerprint density at radius 3 is 2.35 bits per heavy atom. The molecule has 1 rings (SSSR count). The normalized spacial score (nSPS) is 19.3.